The Morgan fingerprint density at radius 1 is 0.317 bits per heavy atom. The van der Waals surface area contributed by atoms with Crippen molar-refractivity contribution in [1.29, 1.82) is 0 Å². The zero-order valence-electron chi connectivity index (χ0n) is 38.8. The molecule has 4 rings (SSSR count). The molecule has 0 aliphatic heterocycles. The zero-order valence-corrected chi connectivity index (χ0v) is 38.8. The topological polar surface area (TPSA) is 73.8 Å². The minimum atomic E-state index is -0.411. The number of benzene rings is 4. The van der Waals surface area contributed by atoms with Gasteiger partial charge in [0.2, 0.25) is 0 Å². The van der Waals surface area contributed by atoms with Crippen LogP contribution in [0.2, 0.25) is 0 Å². The molecule has 0 aliphatic carbocycles. The molecule has 0 amide bonds. The quantitative estimate of drug-likeness (QED) is 0.0458. The molecule has 0 aromatic heterocycles. The summed E-state index contributed by atoms with van der Waals surface area (Å²) in [6.07, 6.45) is 3.88. The highest BCUT2D eigenvalue weighted by Crippen LogP contribution is 2.26. The van der Waals surface area contributed by atoms with Gasteiger partial charge in [0.25, 0.3) is 0 Å². The van der Waals surface area contributed by atoms with Crippen LogP contribution in [0.15, 0.2) is 97.1 Å². The second kappa shape index (κ2) is 27.7. The summed E-state index contributed by atoms with van der Waals surface area (Å²) in [4.78, 5) is 0. The van der Waals surface area contributed by atoms with E-state index in [1.807, 2.05) is 76.2 Å². The molecule has 4 aromatic carbocycles. The fourth-order valence-electron chi connectivity index (χ4n) is 6.13. The SMILES string of the molecule is CCC(C)c1ccc(OC(C)OCCCOC(C)Oc2ccc(C(C)CC)cc2)cc1.CCC(C)c1ccc(OC(C)OCOC(C)Oc2ccc(C(C)CC)cc2)cc1. The molecule has 0 saturated carbocycles. The fourth-order valence-corrected chi connectivity index (χ4v) is 6.13. The van der Waals surface area contributed by atoms with E-state index in [9.17, 15) is 0 Å². The highest BCUT2D eigenvalue weighted by atomic mass is 16.8. The van der Waals surface area contributed by atoms with Crippen molar-refractivity contribution in [2.45, 2.75) is 164 Å². The summed E-state index contributed by atoms with van der Waals surface area (Å²) in [6, 6.07) is 32.9. The fraction of sp³-hybridized carbons (Fsp3) is 0.538. The van der Waals surface area contributed by atoms with Gasteiger partial charge in [0.1, 0.15) is 23.0 Å². The highest BCUT2D eigenvalue weighted by molar-refractivity contribution is 5.31. The van der Waals surface area contributed by atoms with Gasteiger partial charge in [-0.1, -0.05) is 104 Å². The van der Waals surface area contributed by atoms with Crippen LogP contribution in [0.25, 0.3) is 0 Å². The van der Waals surface area contributed by atoms with Crippen LogP contribution in [0.1, 0.15) is 161 Å². The standard InChI is InChI=1S/C27H40O4.C25H36O4/c1-7-20(3)24-10-14-26(15-11-24)30-22(5)28-18-9-19-29-23(6)31-27-16-12-25(13-17-27)21(4)8-2;1-7-18(3)22-9-13-24(14-10-22)28-20(5)26-17-27-21(6)29-25-15-11-23(12-16-25)19(4)8-2/h10-17,20-23H,7-9,18-19H2,1-6H3;9-16,18-21H,7-8,17H2,1-6H3. The van der Waals surface area contributed by atoms with E-state index in [0.717, 1.165) is 55.1 Å². The van der Waals surface area contributed by atoms with Crippen molar-refractivity contribution in [2.24, 2.45) is 0 Å². The Bertz CT molecular complexity index is 1550. The average Bonchev–Trinajstić information content (AvgIpc) is 3.26. The molecule has 0 saturated heterocycles. The van der Waals surface area contributed by atoms with E-state index in [1.54, 1.807) is 0 Å². The maximum atomic E-state index is 5.84. The van der Waals surface area contributed by atoms with Crippen molar-refractivity contribution in [2.75, 3.05) is 20.0 Å². The Hall–Kier alpha value is -4.08. The molecule has 332 valence electrons. The first-order valence-electron chi connectivity index (χ1n) is 22.4. The zero-order chi connectivity index (χ0) is 43.9. The van der Waals surface area contributed by atoms with Crippen LogP contribution in [0.4, 0.5) is 0 Å². The van der Waals surface area contributed by atoms with Crippen molar-refractivity contribution in [3.63, 3.8) is 0 Å². The molecule has 0 bridgehead atoms. The van der Waals surface area contributed by atoms with Gasteiger partial charge >= 0.3 is 0 Å². The lowest BCUT2D eigenvalue weighted by molar-refractivity contribution is -0.196. The van der Waals surface area contributed by atoms with E-state index in [-0.39, 0.29) is 19.4 Å². The summed E-state index contributed by atoms with van der Waals surface area (Å²) in [5.41, 5.74) is 5.31. The maximum absolute atomic E-state index is 5.84. The first-order valence-corrected chi connectivity index (χ1v) is 22.4. The van der Waals surface area contributed by atoms with Crippen molar-refractivity contribution >= 4 is 0 Å². The Balaban J connectivity index is 0.000000321. The van der Waals surface area contributed by atoms with Crippen LogP contribution in [-0.2, 0) is 18.9 Å². The molecule has 0 heterocycles. The Labute approximate surface area is 363 Å². The monoisotopic (exact) mass is 829 g/mol. The molecule has 60 heavy (non-hydrogen) atoms. The molecule has 8 atom stereocenters. The summed E-state index contributed by atoms with van der Waals surface area (Å²) >= 11 is 0. The summed E-state index contributed by atoms with van der Waals surface area (Å²) in [6.45, 7) is 26.5. The van der Waals surface area contributed by atoms with E-state index in [4.69, 9.17) is 37.9 Å². The van der Waals surface area contributed by atoms with E-state index in [2.05, 4.69) is 104 Å². The van der Waals surface area contributed by atoms with Gasteiger partial charge in [-0.15, -0.1) is 0 Å². The molecule has 0 radical (unpaired) electrons. The molecule has 8 heteroatoms. The largest absolute Gasteiger partial charge is 0.465 e. The van der Waals surface area contributed by atoms with E-state index < -0.39 is 12.6 Å². The van der Waals surface area contributed by atoms with Crippen LogP contribution < -0.4 is 18.9 Å². The van der Waals surface area contributed by atoms with Gasteiger partial charge in [-0.05, 0) is 154 Å². The van der Waals surface area contributed by atoms with Crippen molar-refractivity contribution < 1.29 is 37.9 Å². The molecule has 4 aromatic rings. The molecular weight excluding hydrogens is 753 g/mol. The van der Waals surface area contributed by atoms with Gasteiger partial charge in [-0.2, -0.15) is 0 Å². The second-order valence-electron chi connectivity index (χ2n) is 15.8. The number of rotatable bonds is 26. The number of hydrogen-bond acceptors (Lipinski definition) is 8. The van der Waals surface area contributed by atoms with Crippen LogP contribution in [0, 0.1) is 0 Å². The second-order valence-corrected chi connectivity index (χ2v) is 15.8. The van der Waals surface area contributed by atoms with Gasteiger partial charge in [-0.3, -0.25) is 0 Å². The molecule has 8 unspecified atom stereocenters. The van der Waals surface area contributed by atoms with Crippen molar-refractivity contribution in [3.8, 4) is 23.0 Å². The van der Waals surface area contributed by atoms with Gasteiger partial charge in [0.05, 0.1) is 13.2 Å². The molecule has 0 fully saturated rings. The van der Waals surface area contributed by atoms with Crippen molar-refractivity contribution in [3.05, 3.63) is 119 Å². The average molecular weight is 829 g/mol. The Kier molecular flexibility index (Phi) is 23.2. The van der Waals surface area contributed by atoms with Crippen LogP contribution >= 0.6 is 0 Å². The number of ether oxygens (including phenoxy) is 8. The summed E-state index contributed by atoms with van der Waals surface area (Å²) in [5.74, 6) is 5.48. The van der Waals surface area contributed by atoms with Crippen LogP contribution in [-0.4, -0.2) is 45.2 Å². The molecule has 0 aliphatic rings. The van der Waals surface area contributed by atoms with E-state index >= 15 is 0 Å². The molecule has 8 nitrogen and oxygen atoms in total. The Morgan fingerprint density at radius 2 is 0.533 bits per heavy atom. The smallest absolute Gasteiger partial charge is 0.199 e. The first kappa shape index (κ1) is 50.3. The lowest BCUT2D eigenvalue weighted by Gasteiger charge is -2.19. The van der Waals surface area contributed by atoms with Crippen molar-refractivity contribution in [1.82, 2.24) is 0 Å². The lowest BCUT2D eigenvalue weighted by atomic mass is 9.99. The summed E-state index contributed by atoms with van der Waals surface area (Å²) in [7, 11) is 0. The molecule has 0 N–H and O–H groups in total. The van der Waals surface area contributed by atoms with Crippen LogP contribution in [0.3, 0.4) is 0 Å². The summed E-state index contributed by atoms with van der Waals surface area (Å²) < 4.78 is 45.9. The minimum Gasteiger partial charge on any atom is -0.465 e. The normalized spacial score (nSPS) is 15.3. The Morgan fingerprint density at radius 3 is 0.750 bits per heavy atom. The lowest BCUT2D eigenvalue weighted by Crippen LogP contribution is -2.23. The molecule has 0 spiro atoms. The third-order valence-corrected chi connectivity index (χ3v) is 11.1. The van der Waals surface area contributed by atoms with Gasteiger partial charge in [0, 0.05) is 0 Å². The first-order chi connectivity index (χ1) is 28.8. The third-order valence-electron chi connectivity index (χ3n) is 11.1. The van der Waals surface area contributed by atoms with Gasteiger partial charge in [-0.25, -0.2) is 0 Å². The predicted octanol–water partition coefficient (Wildman–Crippen LogP) is 14.1. The number of hydrogen-bond donors (Lipinski definition) is 0. The third kappa shape index (κ3) is 18.7. The highest BCUT2D eigenvalue weighted by Gasteiger charge is 2.12. The maximum Gasteiger partial charge on any atom is 0.199 e. The van der Waals surface area contributed by atoms with Gasteiger partial charge < -0.3 is 37.9 Å². The van der Waals surface area contributed by atoms with E-state index in [1.165, 1.54) is 22.3 Å². The van der Waals surface area contributed by atoms with Crippen LogP contribution in [0.5, 0.6) is 23.0 Å². The molecular formula is C52H76O8. The minimum absolute atomic E-state index is 0.0955. The summed E-state index contributed by atoms with van der Waals surface area (Å²) in [5, 5.41) is 0. The van der Waals surface area contributed by atoms with E-state index in [0.29, 0.717) is 36.9 Å². The predicted molar refractivity (Wildman–Crippen MR) is 245 cm³/mol. The van der Waals surface area contributed by atoms with Gasteiger partial charge in [0.15, 0.2) is 32.0 Å².